The highest BCUT2D eigenvalue weighted by atomic mass is 16.5. The average molecular weight is 148 g/mol. The second kappa shape index (κ2) is 3.33. The molecule has 0 aliphatic rings. The Kier molecular flexibility index (Phi) is 2.42. The van der Waals surface area contributed by atoms with Gasteiger partial charge in [0.05, 0.1) is 14.2 Å². The Morgan fingerprint density at radius 3 is 1.82 bits per heavy atom. The fraction of sp³-hybridized carbons (Fsp3) is 0.250. The van der Waals surface area contributed by atoms with Crippen LogP contribution in [0, 0.1) is 0 Å². The summed E-state index contributed by atoms with van der Waals surface area (Å²) in [7, 11) is 8.73. The number of methoxy groups -OCH3 is 2. The molecule has 2 nitrogen and oxygen atoms in total. The summed E-state index contributed by atoms with van der Waals surface area (Å²) in [5, 5.41) is 0. The number of rotatable bonds is 2. The van der Waals surface area contributed by atoms with Crippen molar-refractivity contribution in [3.8, 4) is 11.5 Å². The van der Waals surface area contributed by atoms with Crippen molar-refractivity contribution in [1.29, 1.82) is 0 Å². The van der Waals surface area contributed by atoms with Crippen molar-refractivity contribution >= 4 is 13.3 Å². The van der Waals surface area contributed by atoms with E-state index in [-0.39, 0.29) is 0 Å². The largest absolute Gasteiger partial charge is 0.497 e. The lowest BCUT2D eigenvalue weighted by molar-refractivity contribution is 0.395. The number of ether oxygens (including phenoxy) is 2. The zero-order valence-corrected chi connectivity index (χ0v) is 6.63. The molecule has 3 heteroatoms. The van der Waals surface area contributed by atoms with Gasteiger partial charge in [-0.05, 0) is 12.1 Å². The van der Waals surface area contributed by atoms with Gasteiger partial charge in [-0.15, -0.1) is 0 Å². The second-order valence-electron chi connectivity index (χ2n) is 2.15. The summed E-state index contributed by atoms with van der Waals surface area (Å²) < 4.78 is 9.96. The minimum absolute atomic E-state index is 0.640. The molecule has 11 heavy (non-hydrogen) atoms. The highest BCUT2D eigenvalue weighted by molar-refractivity contribution is 6.32. The fourth-order valence-electron chi connectivity index (χ4n) is 0.829. The SMILES string of the molecule is [B]c1cc(OC)cc(OC)c1. The third-order valence-electron chi connectivity index (χ3n) is 1.37. The van der Waals surface area contributed by atoms with Crippen LogP contribution in [0.1, 0.15) is 0 Å². The van der Waals surface area contributed by atoms with Crippen molar-refractivity contribution in [2.75, 3.05) is 14.2 Å². The molecule has 0 unspecified atom stereocenters. The van der Waals surface area contributed by atoms with E-state index in [2.05, 4.69) is 0 Å². The maximum Gasteiger partial charge on any atom is 0.121 e. The number of hydrogen-bond acceptors (Lipinski definition) is 2. The zero-order valence-electron chi connectivity index (χ0n) is 6.63. The van der Waals surface area contributed by atoms with Gasteiger partial charge in [-0.25, -0.2) is 0 Å². The van der Waals surface area contributed by atoms with E-state index in [0.717, 1.165) is 0 Å². The minimum Gasteiger partial charge on any atom is -0.497 e. The molecule has 0 aliphatic carbocycles. The summed E-state index contributed by atoms with van der Waals surface area (Å²) in [6.45, 7) is 0. The molecule has 0 saturated heterocycles. The van der Waals surface area contributed by atoms with E-state index in [4.69, 9.17) is 17.3 Å². The minimum atomic E-state index is 0.640. The molecule has 0 bridgehead atoms. The van der Waals surface area contributed by atoms with Gasteiger partial charge in [-0.2, -0.15) is 0 Å². The van der Waals surface area contributed by atoms with Crippen molar-refractivity contribution in [3.05, 3.63) is 18.2 Å². The van der Waals surface area contributed by atoms with Gasteiger partial charge in [-0.3, -0.25) is 0 Å². The molecule has 2 radical (unpaired) electrons. The van der Waals surface area contributed by atoms with Crippen molar-refractivity contribution in [2.45, 2.75) is 0 Å². The Labute approximate surface area is 67.5 Å². The van der Waals surface area contributed by atoms with Crippen LogP contribution in [0.4, 0.5) is 0 Å². The molecule has 0 heterocycles. The first kappa shape index (κ1) is 7.99. The van der Waals surface area contributed by atoms with Crippen molar-refractivity contribution in [3.63, 3.8) is 0 Å². The Bertz CT molecular complexity index is 226. The molecule has 0 spiro atoms. The molecule has 56 valence electrons. The van der Waals surface area contributed by atoms with Crippen LogP contribution >= 0.6 is 0 Å². The van der Waals surface area contributed by atoms with E-state index in [1.165, 1.54) is 0 Å². The average Bonchev–Trinajstić information content (AvgIpc) is 2.03. The predicted molar refractivity (Wildman–Crippen MR) is 44.9 cm³/mol. The Morgan fingerprint density at radius 2 is 1.45 bits per heavy atom. The molecule has 0 N–H and O–H groups in total. The molecule has 1 rings (SSSR count). The lowest BCUT2D eigenvalue weighted by Crippen LogP contribution is -2.02. The van der Waals surface area contributed by atoms with Crippen LogP contribution in [0.5, 0.6) is 11.5 Å². The molecule has 0 saturated carbocycles. The third kappa shape index (κ3) is 1.90. The fourth-order valence-corrected chi connectivity index (χ4v) is 0.829. The van der Waals surface area contributed by atoms with Crippen LogP contribution < -0.4 is 14.9 Å². The molecule has 0 aliphatic heterocycles. The van der Waals surface area contributed by atoms with Crippen LogP contribution in [-0.4, -0.2) is 22.1 Å². The van der Waals surface area contributed by atoms with Crippen LogP contribution in [0.25, 0.3) is 0 Å². The van der Waals surface area contributed by atoms with Gasteiger partial charge in [-0.1, -0.05) is 5.46 Å². The summed E-state index contributed by atoms with van der Waals surface area (Å²) in [5.74, 6) is 1.42. The number of hydrogen-bond donors (Lipinski definition) is 0. The summed E-state index contributed by atoms with van der Waals surface area (Å²) >= 11 is 0. The van der Waals surface area contributed by atoms with Crippen molar-refractivity contribution < 1.29 is 9.47 Å². The summed E-state index contributed by atoms with van der Waals surface area (Å²) in [5.41, 5.74) is 0.640. The quantitative estimate of drug-likeness (QED) is 0.568. The molecular weight excluding hydrogens is 139 g/mol. The van der Waals surface area contributed by atoms with E-state index in [9.17, 15) is 0 Å². The monoisotopic (exact) mass is 148 g/mol. The smallest absolute Gasteiger partial charge is 0.121 e. The molecule has 1 aromatic carbocycles. The predicted octanol–water partition coefficient (Wildman–Crippen LogP) is 0.498. The highest BCUT2D eigenvalue weighted by Gasteiger charge is 1.96. The molecular formula is C8H9BO2. The van der Waals surface area contributed by atoms with Crippen molar-refractivity contribution in [2.24, 2.45) is 0 Å². The molecule has 0 fully saturated rings. The van der Waals surface area contributed by atoms with Gasteiger partial charge in [0.25, 0.3) is 0 Å². The van der Waals surface area contributed by atoms with Crippen molar-refractivity contribution in [1.82, 2.24) is 0 Å². The third-order valence-corrected chi connectivity index (χ3v) is 1.37. The standard InChI is InChI=1S/C8H9BO2/c1-10-7-3-6(9)4-8(5-7)11-2/h3-5H,1-2H3. The first-order valence-electron chi connectivity index (χ1n) is 3.25. The van der Waals surface area contributed by atoms with Crippen LogP contribution in [-0.2, 0) is 0 Å². The molecule has 0 aromatic heterocycles. The summed E-state index contributed by atoms with van der Waals surface area (Å²) in [6, 6.07) is 5.25. The lowest BCUT2D eigenvalue weighted by atomic mass is 9.96. The van der Waals surface area contributed by atoms with Crippen LogP contribution in [0.3, 0.4) is 0 Å². The first-order chi connectivity index (χ1) is 5.26. The normalized spacial score (nSPS) is 9.27. The van der Waals surface area contributed by atoms with E-state index in [1.807, 2.05) is 0 Å². The van der Waals surface area contributed by atoms with Crippen LogP contribution in [0.2, 0.25) is 0 Å². The summed E-state index contributed by atoms with van der Waals surface area (Å²) in [4.78, 5) is 0. The maximum absolute atomic E-state index is 5.55. The number of benzene rings is 1. The van der Waals surface area contributed by atoms with E-state index in [1.54, 1.807) is 32.4 Å². The lowest BCUT2D eigenvalue weighted by Gasteiger charge is -2.04. The van der Waals surface area contributed by atoms with E-state index < -0.39 is 0 Å². The maximum atomic E-state index is 5.55. The van der Waals surface area contributed by atoms with E-state index in [0.29, 0.717) is 17.0 Å². The van der Waals surface area contributed by atoms with Gasteiger partial charge in [0.15, 0.2) is 0 Å². The Morgan fingerprint density at radius 1 is 1.00 bits per heavy atom. The Hall–Kier alpha value is -1.12. The van der Waals surface area contributed by atoms with Gasteiger partial charge in [0, 0.05) is 6.07 Å². The van der Waals surface area contributed by atoms with Gasteiger partial charge >= 0.3 is 0 Å². The highest BCUT2D eigenvalue weighted by Crippen LogP contribution is 2.16. The zero-order chi connectivity index (χ0) is 8.27. The Balaban J connectivity index is 3.02. The molecule has 0 atom stereocenters. The molecule has 0 amide bonds. The van der Waals surface area contributed by atoms with Gasteiger partial charge in [0.1, 0.15) is 19.3 Å². The van der Waals surface area contributed by atoms with Gasteiger partial charge < -0.3 is 9.47 Å². The first-order valence-corrected chi connectivity index (χ1v) is 3.25. The van der Waals surface area contributed by atoms with E-state index >= 15 is 0 Å². The molecule has 1 aromatic rings. The van der Waals surface area contributed by atoms with Gasteiger partial charge in [0.2, 0.25) is 0 Å². The second-order valence-corrected chi connectivity index (χ2v) is 2.15. The van der Waals surface area contributed by atoms with Crippen LogP contribution in [0.15, 0.2) is 18.2 Å². The topological polar surface area (TPSA) is 18.5 Å². The summed E-state index contributed by atoms with van der Waals surface area (Å²) in [6.07, 6.45) is 0.